The molecule has 0 radical (unpaired) electrons. The van der Waals surface area contributed by atoms with Gasteiger partial charge in [-0.25, -0.2) is 0 Å². The third kappa shape index (κ3) is 7.44. The molecule has 152 valence electrons. The quantitative estimate of drug-likeness (QED) is 0.600. The topological polar surface area (TPSA) is 35.6 Å². The van der Waals surface area contributed by atoms with Gasteiger partial charge in [-0.1, -0.05) is 0 Å². The van der Waals surface area contributed by atoms with Gasteiger partial charge in [0.25, 0.3) is 0 Å². The molecule has 1 amide bonds. The van der Waals surface area contributed by atoms with E-state index in [0.29, 0.717) is 20.3 Å². The van der Waals surface area contributed by atoms with E-state index in [9.17, 15) is 4.79 Å². The molecule has 0 saturated carbocycles. The molecule has 1 unspecified atom stereocenters. The van der Waals surface area contributed by atoms with Gasteiger partial charge in [0.05, 0.1) is 0 Å². The van der Waals surface area contributed by atoms with Gasteiger partial charge in [-0.2, -0.15) is 0 Å². The van der Waals surface area contributed by atoms with Crippen LogP contribution in [0.5, 0.6) is 0 Å². The third-order valence-electron chi connectivity index (χ3n) is 5.46. The molecular formula is C18H28Cl4InN3O. The SMILES string of the molecule is CN1CC[N]([In]2[CH2]CCC[CH]2C(=O)NCc2cc(Cl)cc(Cl)c2)CC1.Cl.Cl. The number of hydrogen-bond donors (Lipinski definition) is 1. The molecule has 0 aliphatic carbocycles. The first-order valence-electron chi connectivity index (χ1n) is 9.18. The van der Waals surface area contributed by atoms with Crippen molar-refractivity contribution >= 4 is 75.6 Å². The predicted molar refractivity (Wildman–Crippen MR) is 120 cm³/mol. The van der Waals surface area contributed by atoms with Crippen LogP contribution in [0.4, 0.5) is 0 Å². The van der Waals surface area contributed by atoms with E-state index >= 15 is 0 Å². The van der Waals surface area contributed by atoms with Crippen LogP contribution in [0.25, 0.3) is 0 Å². The van der Waals surface area contributed by atoms with Crippen molar-refractivity contribution in [2.24, 2.45) is 0 Å². The molecule has 2 heterocycles. The largest absolute Gasteiger partial charge is 0.147 e. The molecule has 2 aliphatic heterocycles. The van der Waals surface area contributed by atoms with Crippen LogP contribution in [-0.4, -0.2) is 68.6 Å². The molecule has 1 N–H and O–H groups in total. The second-order valence-electron chi connectivity index (χ2n) is 7.29. The molecule has 27 heavy (non-hydrogen) atoms. The minimum atomic E-state index is -2.02. The minimum Gasteiger partial charge on any atom is -0.147 e. The summed E-state index contributed by atoms with van der Waals surface area (Å²) >= 11 is 10.1. The Morgan fingerprint density at radius 1 is 1.11 bits per heavy atom. The number of nitrogens with one attached hydrogen (secondary N) is 1. The van der Waals surface area contributed by atoms with Crippen LogP contribution in [0.3, 0.4) is 0 Å². The summed E-state index contributed by atoms with van der Waals surface area (Å²) < 4.78 is 4.38. The molecule has 2 aliphatic rings. The van der Waals surface area contributed by atoms with Crippen molar-refractivity contribution in [1.29, 1.82) is 0 Å². The molecule has 0 bridgehead atoms. The minimum absolute atomic E-state index is 0. The molecule has 4 nitrogen and oxygen atoms in total. The van der Waals surface area contributed by atoms with Crippen LogP contribution in [0.1, 0.15) is 24.8 Å². The second kappa shape index (κ2) is 12.4. The number of rotatable bonds is 4. The number of benzene rings is 1. The normalized spacial score (nSPS) is 21.1. The number of amides is 1. The number of carbonyl (C=O) groups excluding carboxylic acids is 1. The molecule has 0 spiro atoms. The summed E-state index contributed by atoms with van der Waals surface area (Å²) in [4.78, 5) is 15.3. The van der Waals surface area contributed by atoms with Crippen molar-refractivity contribution < 1.29 is 4.79 Å². The number of nitrogens with zero attached hydrogens (tertiary/aromatic N) is 2. The van der Waals surface area contributed by atoms with E-state index < -0.39 is 21.7 Å². The van der Waals surface area contributed by atoms with Crippen molar-refractivity contribution in [3.63, 3.8) is 0 Å². The van der Waals surface area contributed by atoms with Crippen LogP contribution in [-0.2, 0) is 11.3 Å². The zero-order valence-electron chi connectivity index (χ0n) is 15.6. The predicted octanol–water partition coefficient (Wildman–Crippen LogP) is 4.25. The Kier molecular flexibility index (Phi) is 11.8. The average molecular weight is 559 g/mol. The number of hydrogen-bond acceptors (Lipinski definition) is 3. The van der Waals surface area contributed by atoms with Gasteiger partial charge in [0.2, 0.25) is 0 Å². The van der Waals surface area contributed by atoms with Crippen LogP contribution in [0.15, 0.2) is 18.2 Å². The van der Waals surface area contributed by atoms with E-state index in [0.717, 1.165) is 38.2 Å². The first kappa shape index (κ1) is 25.7. The summed E-state index contributed by atoms with van der Waals surface area (Å²) in [5.41, 5.74) is 0.966. The maximum atomic E-state index is 12.9. The number of likely N-dealkylation sites (N-methyl/N-ethyl adjacent to an activating group) is 1. The summed E-state index contributed by atoms with van der Waals surface area (Å²) in [5, 5.41) is 4.39. The van der Waals surface area contributed by atoms with Gasteiger partial charge in [-0.15, -0.1) is 24.8 Å². The van der Waals surface area contributed by atoms with Gasteiger partial charge >= 0.3 is 169 Å². The summed E-state index contributed by atoms with van der Waals surface area (Å²) in [5.74, 6) is 0.260. The fourth-order valence-corrected chi connectivity index (χ4v) is 15.9. The van der Waals surface area contributed by atoms with Crippen LogP contribution < -0.4 is 5.32 Å². The fourth-order valence-electron chi connectivity index (χ4n) is 4.04. The van der Waals surface area contributed by atoms with Crippen molar-refractivity contribution in [1.82, 2.24) is 13.1 Å². The zero-order chi connectivity index (χ0) is 17.8. The number of carbonyl (C=O) groups is 1. The maximum absolute atomic E-state index is 12.9. The van der Waals surface area contributed by atoms with Gasteiger partial charge in [-0.05, 0) is 0 Å². The summed E-state index contributed by atoms with van der Waals surface area (Å²) in [6.07, 6.45) is 3.60. The first-order valence-corrected chi connectivity index (χ1v) is 15.6. The molecule has 9 heteroatoms. The van der Waals surface area contributed by atoms with Gasteiger partial charge in [0, 0.05) is 0 Å². The Bertz CT molecular complexity index is 594. The van der Waals surface area contributed by atoms with Crippen molar-refractivity contribution in [3.05, 3.63) is 33.8 Å². The zero-order valence-corrected chi connectivity index (χ0v) is 22.1. The molecular weight excluding hydrogens is 531 g/mol. The second-order valence-corrected chi connectivity index (χ2v) is 17.4. The molecule has 1 aromatic rings. The molecule has 2 saturated heterocycles. The standard InChI is InChI=1S/C13H15Cl2NO.C5H11N2.2ClH.In/c1-2-3-4-5-13(17)16-9-10-6-11(14)8-12(15)7-10;1-7-4-2-6-3-5-7;;;/h5-8H,1-4,9H2,(H,16,17);2-5H2,1H3;2*1H;/q;-1;;;+1. The van der Waals surface area contributed by atoms with E-state index in [-0.39, 0.29) is 30.7 Å². The Labute approximate surface area is 193 Å². The van der Waals surface area contributed by atoms with E-state index in [2.05, 4.69) is 20.2 Å². The Balaban J connectivity index is 0.00000182. The van der Waals surface area contributed by atoms with Gasteiger partial charge in [0.1, 0.15) is 0 Å². The molecule has 1 atom stereocenters. The monoisotopic (exact) mass is 557 g/mol. The summed E-state index contributed by atoms with van der Waals surface area (Å²) in [6.45, 7) is 5.11. The van der Waals surface area contributed by atoms with Crippen molar-refractivity contribution in [3.8, 4) is 0 Å². The van der Waals surface area contributed by atoms with E-state index in [1.54, 1.807) is 6.07 Å². The molecule has 2 fully saturated rings. The van der Waals surface area contributed by atoms with Gasteiger partial charge in [0.15, 0.2) is 0 Å². The number of piperazine rings is 1. The average Bonchev–Trinajstić information content (AvgIpc) is 2.59. The molecule has 1 aromatic carbocycles. The van der Waals surface area contributed by atoms with Crippen molar-refractivity contribution in [2.75, 3.05) is 33.2 Å². The first-order chi connectivity index (χ1) is 12.0. The van der Waals surface area contributed by atoms with Crippen molar-refractivity contribution in [2.45, 2.75) is 33.7 Å². The maximum Gasteiger partial charge on any atom is -0.147 e. The van der Waals surface area contributed by atoms with Crippen LogP contribution >= 0.6 is 48.0 Å². The Morgan fingerprint density at radius 3 is 2.37 bits per heavy atom. The molecule has 3 rings (SSSR count). The smallest absolute Gasteiger partial charge is 0.147 e. The van der Waals surface area contributed by atoms with E-state index in [4.69, 9.17) is 23.2 Å². The Hall–Kier alpha value is 0.640. The summed E-state index contributed by atoms with van der Waals surface area (Å²) in [7, 11) is 2.19. The van der Waals surface area contributed by atoms with Crippen LogP contribution in [0, 0.1) is 0 Å². The van der Waals surface area contributed by atoms with Gasteiger partial charge in [-0.3, -0.25) is 0 Å². The number of halogens is 4. The Morgan fingerprint density at radius 2 is 1.74 bits per heavy atom. The molecule has 0 aromatic heterocycles. The van der Waals surface area contributed by atoms with Crippen LogP contribution in [0.2, 0.25) is 17.9 Å². The van der Waals surface area contributed by atoms with Gasteiger partial charge < -0.3 is 0 Å². The summed E-state index contributed by atoms with van der Waals surface area (Å²) in [6, 6.07) is 5.46. The fraction of sp³-hybridized carbons (Fsp3) is 0.611. The van der Waals surface area contributed by atoms with E-state index in [1.807, 2.05) is 12.1 Å². The van der Waals surface area contributed by atoms with E-state index in [1.165, 1.54) is 17.0 Å². The third-order valence-corrected chi connectivity index (χ3v) is 17.4.